The van der Waals surface area contributed by atoms with Crippen molar-refractivity contribution in [3.8, 4) is 0 Å². The zero-order valence-corrected chi connectivity index (χ0v) is 11.9. The van der Waals surface area contributed by atoms with E-state index in [4.69, 9.17) is 11.6 Å². The van der Waals surface area contributed by atoms with Crippen molar-refractivity contribution in [2.45, 2.75) is 18.9 Å². The molecular formula is C17H16ClNO. The van der Waals surface area contributed by atoms with Gasteiger partial charge >= 0.3 is 0 Å². The fraction of sp³-hybridized carbons (Fsp3) is 0.235. The van der Waals surface area contributed by atoms with Gasteiger partial charge in [0.1, 0.15) is 5.78 Å². The lowest BCUT2D eigenvalue weighted by atomic mass is 9.94. The van der Waals surface area contributed by atoms with Crippen LogP contribution in [-0.2, 0) is 4.79 Å². The molecule has 1 heterocycles. The van der Waals surface area contributed by atoms with E-state index in [1.54, 1.807) is 0 Å². The van der Waals surface area contributed by atoms with Crippen LogP contribution >= 0.6 is 11.6 Å². The predicted molar refractivity (Wildman–Crippen MR) is 82.2 cm³/mol. The number of benzene rings is 2. The third kappa shape index (κ3) is 2.70. The Kier molecular flexibility index (Phi) is 3.75. The van der Waals surface area contributed by atoms with Gasteiger partial charge in [0.25, 0.3) is 0 Å². The minimum atomic E-state index is 0.124. The summed E-state index contributed by atoms with van der Waals surface area (Å²) in [6.45, 7) is 0.764. The van der Waals surface area contributed by atoms with Gasteiger partial charge in [0.15, 0.2) is 0 Å². The predicted octanol–water partition coefficient (Wildman–Crippen LogP) is 4.25. The quantitative estimate of drug-likeness (QED) is 0.822. The van der Waals surface area contributed by atoms with Gasteiger partial charge in [0.05, 0.1) is 6.04 Å². The molecular weight excluding hydrogens is 270 g/mol. The second-order valence-electron chi connectivity index (χ2n) is 5.09. The maximum absolute atomic E-state index is 11.8. The van der Waals surface area contributed by atoms with Crippen molar-refractivity contribution in [3.05, 3.63) is 65.2 Å². The van der Waals surface area contributed by atoms with Crippen LogP contribution in [0, 0.1) is 0 Å². The number of carbonyl (C=O) groups excluding carboxylic acids is 1. The standard InChI is InChI=1S/C17H16ClNO/c18-14-6-8-15(9-7-14)19-11-10-16(20)12-17(19)13-4-2-1-3-5-13/h1-9,17H,10-12H2. The number of rotatable bonds is 2. The van der Waals surface area contributed by atoms with Gasteiger partial charge in [-0.1, -0.05) is 41.9 Å². The van der Waals surface area contributed by atoms with Gasteiger partial charge in [0.2, 0.25) is 0 Å². The number of anilines is 1. The van der Waals surface area contributed by atoms with Crippen molar-refractivity contribution in [1.82, 2.24) is 0 Å². The fourth-order valence-corrected chi connectivity index (χ4v) is 2.87. The third-order valence-corrected chi connectivity index (χ3v) is 4.02. The second-order valence-corrected chi connectivity index (χ2v) is 5.53. The largest absolute Gasteiger partial charge is 0.364 e. The minimum absolute atomic E-state index is 0.124. The summed E-state index contributed by atoms with van der Waals surface area (Å²) in [5.74, 6) is 0.337. The number of Topliss-reactive ketones (excluding diaryl/α,β-unsaturated/α-hetero) is 1. The molecule has 0 amide bonds. The average molecular weight is 286 g/mol. The van der Waals surface area contributed by atoms with Crippen LogP contribution in [0.4, 0.5) is 5.69 Å². The summed E-state index contributed by atoms with van der Waals surface area (Å²) in [6.07, 6.45) is 1.19. The SMILES string of the molecule is O=C1CCN(c2ccc(Cl)cc2)C(c2ccccc2)C1. The Morgan fingerprint density at radius 1 is 1.00 bits per heavy atom. The number of ketones is 1. The minimum Gasteiger partial charge on any atom is -0.364 e. The lowest BCUT2D eigenvalue weighted by Crippen LogP contribution is -2.37. The fourth-order valence-electron chi connectivity index (χ4n) is 2.74. The molecule has 20 heavy (non-hydrogen) atoms. The lowest BCUT2D eigenvalue weighted by Gasteiger charge is -2.37. The van der Waals surface area contributed by atoms with E-state index in [9.17, 15) is 4.79 Å². The van der Waals surface area contributed by atoms with E-state index in [2.05, 4.69) is 17.0 Å². The number of hydrogen-bond donors (Lipinski definition) is 0. The van der Waals surface area contributed by atoms with Crippen LogP contribution in [0.3, 0.4) is 0 Å². The number of nitrogens with zero attached hydrogens (tertiary/aromatic N) is 1. The van der Waals surface area contributed by atoms with Crippen molar-refractivity contribution in [2.24, 2.45) is 0 Å². The van der Waals surface area contributed by atoms with Crippen molar-refractivity contribution in [1.29, 1.82) is 0 Å². The molecule has 0 aliphatic carbocycles. The molecule has 3 heteroatoms. The molecule has 102 valence electrons. The van der Waals surface area contributed by atoms with E-state index in [0.29, 0.717) is 18.6 Å². The Hall–Kier alpha value is -1.80. The Morgan fingerprint density at radius 2 is 1.70 bits per heavy atom. The second kappa shape index (κ2) is 5.68. The molecule has 0 bridgehead atoms. The van der Waals surface area contributed by atoms with Crippen LogP contribution in [0.1, 0.15) is 24.4 Å². The molecule has 1 saturated heterocycles. The van der Waals surface area contributed by atoms with Crippen molar-refractivity contribution in [2.75, 3.05) is 11.4 Å². The summed E-state index contributed by atoms with van der Waals surface area (Å²) in [7, 11) is 0. The summed E-state index contributed by atoms with van der Waals surface area (Å²) in [4.78, 5) is 14.1. The normalized spacial score (nSPS) is 19.1. The monoisotopic (exact) mass is 285 g/mol. The third-order valence-electron chi connectivity index (χ3n) is 3.77. The summed E-state index contributed by atoms with van der Waals surface area (Å²) in [6, 6.07) is 18.2. The number of halogens is 1. The molecule has 3 rings (SSSR count). The topological polar surface area (TPSA) is 20.3 Å². The van der Waals surface area contributed by atoms with Gasteiger partial charge in [-0.25, -0.2) is 0 Å². The van der Waals surface area contributed by atoms with Crippen LogP contribution in [0.5, 0.6) is 0 Å². The van der Waals surface area contributed by atoms with Gasteiger partial charge < -0.3 is 4.90 Å². The van der Waals surface area contributed by atoms with Crippen molar-refractivity contribution in [3.63, 3.8) is 0 Å². The highest BCUT2D eigenvalue weighted by atomic mass is 35.5. The maximum atomic E-state index is 11.8. The Labute approximate surface area is 124 Å². The molecule has 1 unspecified atom stereocenters. The van der Waals surface area contributed by atoms with Crippen LogP contribution in [-0.4, -0.2) is 12.3 Å². The van der Waals surface area contributed by atoms with Crippen LogP contribution in [0.25, 0.3) is 0 Å². The maximum Gasteiger partial charge on any atom is 0.137 e. The summed E-state index contributed by atoms with van der Waals surface area (Å²) >= 11 is 5.95. The summed E-state index contributed by atoms with van der Waals surface area (Å²) < 4.78 is 0. The molecule has 2 aromatic carbocycles. The molecule has 2 aromatic rings. The van der Waals surface area contributed by atoms with E-state index in [-0.39, 0.29) is 6.04 Å². The first-order valence-corrected chi connectivity index (χ1v) is 7.21. The molecule has 1 aliphatic heterocycles. The van der Waals surface area contributed by atoms with E-state index in [1.165, 1.54) is 5.56 Å². The number of hydrogen-bond acceptors (Lipinski definition) is 2. The van der Waals surface area contributed by atoms with Crippen LogP contribution < -0.4 is 4.90 Å². The van der Waals surface area contributed by atoms with Crippen molar-refractivity contribution >= 4 is 23.1 Å². The van der Waals surface area contributed by atoms with E-state index in [1.807, 2.05) is 42.5 Å². The average Bonchev–Trinajstić information content (AvgIpc) is 2.49. The highest BCUT2D eigenvalue weighted by Gasteiger charge is 2.28. The van der Waals surface area contributed by atoms with Crippen LogP contribution in [0.2, 0.25) is 5.02 Å². The van der Waals surface area contributed by atoms with Gasteiger partial charge in [-0.05, 0) is 29.8 Å². The zero-order chi connectivity index (χ0) is 13.9. The Balaban J connectivity index is 1.94. The number of carbonyl (C=O) groups is 1. The zero-order valence-electron chi connectivity index (χ0n) is 11.1. The summed E-state index contributed by atoms with van der Waals surface area (Å²) in [5.41, 5.74) is 2.31. The molecule has 2 nitrogen and oxygen atoms in total. The van der Waals surface area contributed by atoms with Gasteiger partial charge in [-0.3, -0.25) is 4.79 Å². The van der Waals surface area contributed by atoms with Gasteiger partial charge in [0, 0.05) is 30.1 Å². The van der Waals surface area contributed by atoms with E-state index in [0.717, 1.165) is 17.3 Å². The van der Waals surface area contributed by atoms with Crippen LogP contribution in [0.15, 0.2) is 54.6 Å². The highest BCUT2D eigenvalue weighted by Crippen LogP contribution is 2.34. The molecule has 0 spiro atoms. The first-order valence-electron chi connectivity index (χ1n) is 6.83. The van der Waals surface area contributed by atoms with Crippen molar-refractivity contribution < 1.29 is 4.79 Å². The smallest absolute Gasteiger partial charge is 0.137 e. The van der Waals surface area contributed by atoms with Gasteiger partial charge in [-0.15, -0.1) is 0 Å². The molecule has 1 atom stereocenters. The molecule has 0 saturated carbocycles. The molecule has 1 aliphatic rings. The van der Waals surface area contributed by atoms with E-state index >= 15 is 0 Å². The molecule has 0 N–H and O–H groups in total. The summed E-state index contributed by atoms with van der Waals surface area (Å²) in [5, 5.41) is 0.734. The van der Waals surface area contributed by atoms with Gasteiger partial charge in [-0.2, -0.15) is 0 Å². The first kappa shape index (κ1) is 13.2. The number of piperidine rings is 1. The van der Waals surface area contributed by atoms with E-state index < -0.39 is 0 Å². The molecule has 1 fully saturated rings. The Bertz CT molecular complexity index is 594. The first-order chi connectivity index (χ1) is 9.74. The highest BCUT2D eigenvalue weighted by molar-refractivity contribution is 6.30. The lowest BCUT2D eigenvalue weighted by molar-refractivity contribution is -0.120. The molecule has 0 radical (unpaired) electrons. The Morgan fingerprint density at radius 3 is 2.40 bits per heavy atom. The molecule has 0 aromatic heterocycles.